The highest BCUT2D eigenvalue weighted by Gasteiger charge is 2.58. The van der Waals surface area contributed by atoms with E-state index in [1.54, 1.807) is 11.1 Å². The van der Waals surface area contributed by atoms with Gasteiger partial charge in [-0.2, -0.15) is 0 Å². The Morgan fingerprint density at radius 3 is 2.94 bits per heavy atom. The van der Waals surface area contributed by atoms with Gasteiger partial charge in [0.1, 0.15) is 0 Å². The number of aryl methyl sites for hydroxylation is 1. The minimum atomic E-state index is 0.520. The summed E-state index contributed by atoms with van der Waals surface area (Å²) in [6, 6.07) is 10.5. The Labute approximate surface area is 96.4 Å². The molecule has 2 atom stereocenters. The van der Waals surface area contributed by atoms with Crippen LogP contribution < -0.4 is 10.6 Å². The molecule has 16 heavy (non-hydrogen) atoms. The van der Waals surface area contributed by atoms with Gasteiger partial charge >= 0.3 is 0 Å². The molecule has 0 amide bonds. The van der Waals surface area contributed by atoms with E-state index in [0.29, 0.717) is 5.41 Å². The summed E-state index contributed by atoms with van der Waals surface area (Å²) in [6.07, 6.45) is 4.02. The molecule has 2 N–H and O–H groups in total. The summed E-state index contributed by atoms with van der Waals surface area (Å²) in [5.41, 5.74) is 3.75. The summed E-state index contributed by atoms with van der Waals surface area (Å²) >= 11 is 0. The molecule has 0 unspecified atom stereocenters. The first kappa shape index (κ1) is 9.20. The molecule has 1 aromatic carbocycles. The van der Waals surface area contributed by atoms with Crippen molar-refractivity contribution in [2.24, 2.45) is 0 Å². The maximum Gasteiger partial charge on any atom is 0.0320 e. The average molecular weight is 214 g/mol. The van der Waals surface area contributed by atoms with E-state index >= 15 is 0 Å². The third-order valence-electron chi connectivity index (χ3n) is 4.69. The number of rotatable bonds is 2. The number of fused-ring (bicyclic) bond motifs is 2. The third-order valence-corrected chi connectivity index (χ3v) is 4.69. The van der Waals surface area contributed by atoms with Gasteiger partial charge in [-0.1, -0.05) is 24.3 Å². The van der Waals surface area contributed by atoms with Crippen molar-refractivity contribution >= 4 is 0 Å². The fourth-order valence-electron chi connectivity index (χ4n) is 3.51. The predicted octanol–water partition coefficient (Wildman–Crippen LogP) is 1.20. The summed E-state index contributed by atoms with van der Waals surface area (Å²) in [4.78, 5) is 0. The fraction of sp³-hybridized carbons (Fsp3) is 0.571. The molecule has 0 aromatic heterocycles. The molecule has 84 valence electrons. The Balaban J connectivity index is 1.57. The summed E-state index contributed by atoms with van der Waals surface area (Å²) < 4.78 is 0. The lowest BCUT2D eigenvalue weighted by molar-refractivity contribution is 0.353. The third kappa shape index (κ3) is 1.14. The predicted molar refractivity (Wildman–Crippen MR) is 64.6 cm³/mol. The molecule has 1 saturated carbocycles. The van der Waals surface area contributed by atoms with Gasteiger partial charge in [0.05, 0.1) is 0 Å². The number of hydrogen-bond acceptors (Lipinski definition) is 2. The van der Waals surface area contributed by atoms with Crippen molar-refractivity contribution in [3.63, 3.8) is 0 Å². The zero-order valence-corrected chi connectivity index (χ0v) is 9.50. The average Bonchev–Trinajstić information content (AvgIpc) is 2.82. The molecule has 2 fully saturated rings. The molecule has 4 rings (SSSR count). The van der Waals surface area contributed by atoms with Crippen molar-refractivity contribution in [1.82, 2.24) is 10.6 Å². The van der Waals surface area contributed by atoms with E-state index in [4.69, 9.17) is 0 Å². The first-order chi connectivity index (χ1) is 7.88. The molecule has 1 spiro atoms. The van der Waals surface area contributed by atoms with Crippen LogP contribution in [0.3, 0.4) is 0 Å². The van der Waals surface area contributed by atoms with Gasteiger partial charge in [0.25, 0.3) is 0 Å². The van der Waals surface area contributed by atoms with E-state index in [0.717, 1.165) is 25.2 Å². The van der Waals surface area contributed by atoms with Crippen molar-refractivity contribution in [2.45, 2.75) is 36.8 Å². The second-order valence-electron chi connectivity index (χ2n) is 5.59. The molecule has 3 aliphatic rings. The summed E-state index contributed by atoms with van der Waals surface area (Å²) in [7, 11) is 0. The van der Waals surface area contributed by atoms with Crippen molar-refractivity contribution in [1.29, 1.82) is 0 Å². The summed E-state index contributed by atoms with van der Waals surface area (Å²) in [6.45, 7) is 2.32. The highest BCUT2D eigenvalue weighted by Crippen LogP contribution is 2.56. The van der Waals surface area contributed by atoms with Crippen LogP contribution in [0, 0.1) is 0 Å². The number of hydrogen-bond donors (Lipinski definition) is 2. The molecule has 1 heterocycles. The first-order valence-electron chi connectivity index (χ1n) is 6.44. The molecular formula is C14H18N2. The quantitative estimate of drug-likeness (QED) is 0.773. The summed E-state index contributed by atoms with van der Waals surface area (Å²) in [5, 5.41) is 7.13. The minimum absolute atomic E-state index is 0.520. The lowest BCUT2D eigenvalue weighted by Gasteiger charge is -2.29. The zero-order chi connectivity index (χ0) is 10.6. The van der Waals surface area contributed by atoms with E-state index < -0.39 is 0 Å². The standard InChI is InChI=1S/C14H18N2/c1-2-4-12-10(3-1)5-6-14(12)7-13(14)16-11-8-15-9-11/h1-4,11,13,15-16H,5-9H2/t13-,14-/m1/s1. The second-order valence-corrected chi connectivity index (χ2v) is 5.59. The highest BCUT2D eigenvalue weighted by atomic mass is 15.1. The molecule has 1 aromatic rings. The second kappa shape index (κ2) is 3.08. The Morgan fingerprint density at radius 2 is 2.12 bits per heavy atom. The van der Waals surface area contributed by atoms with Gasteiger partial charge in [-0.15, -0.1) is 0 Å². The van der Waals surface area contributed by atoms with E-state index in [1.165, 1.54) is 19.3 Å². The molecule has 2 nitrogen and oxygen atoms in total. The molecule has 0 bridgehead atoms. The summed E-state index contributed by atoms with van der Waals surface area (Å²) in [5.74, 6) is 0. The monoisotopic (exact) mass is 214 g/mol. The minimum Gasteiger partial charge on any atom is -0.314 e. The van der Waals surface area contributed by atoms with Crippen LogP contribution in [-0.2, 0) is 11.8 Å². The van der Waals surface area contributed by atoms with Gasteiger partial charge in [0.2, 0.25) is 0 Å². The lowest BCUT2D eigenvalue weighted by Crippen LogP contribution is -2.56. The Hall–Kier alpha value is -0.860. The van der Waals surface area contributed by atoms with E-state index in [-0.39, 0.29) is 0 Å². The van der Waals surface area contributed by atoms with Gasteiger partial charge < -0.3 is 10.6 Å². The SMILES string of the molecule is c1ccc2c(c1)CC[C@@]21C[C@H]1NC1CNC1. The van der Waals surface area contributed by atoms with E-state index in [9.17, 15) is 0 Å². The first-order valence-corrected chi connectivity index (χ1v) is 6.44. The molecule has 2 aliphatic carbocycles. The van der Waals surface area contributed by atoms with Crippen molar-refractivity contribution in [3.8, 4) is 0 Å². The largest absolute Gasteiger partial charge is 0.314 e. The highest BCUT2D eigenvalue weighted by molar-refractivity contribution is 5.46. The zero-order valence-electron chi connectivity index (χ0n) is 9.50. The molecular weight excluding hydrogens is 196 g/mol. The number of nitrogens with one attached hydrogen (secondary N) is 2. The van der Waals surface area contributed by atoms with Crippen LogP contribution >= 0.6 is 0 Å². The van der Waals surface area contributed by atoms with Crippen LogP contribution in [0.4, 0.5) is 0 Å². The fourth-order valence-corrected chi connectivity index (χ4v) is 3.51. The lowest BCUT2D eigenvalue weighted by atomic mass is 9.97. The maximum atomic E-state index is 3.80. The van der Waals surface area contributed by atoms with Crippen molar-refractivity contribution in [3.05, 3.63) is 35.4 Å². The van der Waals surface area contributed by atoms with Crippen LogP contribution in [0.1, 0.15) is 24.0 Å². The van der Waals surface area contributed by atoms with E-state index in [2.05, 4.69) is 34.9 Å². The van der Waals surface area contributed by atoms with Crippen molar-refractivity contribution < 1.29 is 0 Å². The normalized spacial score (nSPS) is 36.1. The van der Waals surface area contributed by atoms with Gasteiger partial charge in [-0.05, 0) is 30.4 Å². The van der Waals surface area contributed by atoms with Crippen LogP contribution in [0.15, 0.2) is 24.3 Å². The maximum absolute atomic E-state index is 3.80. The molecule has 1 saturated heterocycles. The molecule has 0 radical (unpaired) electrons. The number of benzene rings is 1. The van der Waals surface area contributed by atoms with Crippen LogP contribution in [-0.4, -0.2) is 25.2 Å². The Kier molecular flexibility index (Phi) is 1.77. The topological polar surface area (TPSA) is 24.1 Å². The Morgan fingerprint density at radius 1 is 1.25 bits per heavy atom. The van der Waals surface area contributed by atoms with E-state index in [1.807, 2.05) is 0 Å². The van der Waals surface area contributed by atoms with Gasteiger partial charge in [0.15, 0.2) is 0 Å². The van der Waals surface area contributed by atoms with Gasteiger partial charge in [-0.25, -0.2) is 0 Å². The van der Waals surface area contributed by atoms with Gasteiger partial charge in [-0.3, -0.25) is 0 Å². The molecule has 1 aliphatic heterocycles. The van der Waals surface area contributed by atoms with Crippen LogP contribution in [0.2, 0.25) is 0 Å². The Bertz CT molecular complexity index is 424. The van der Waals surface area contributed by atoms with Gasteiger partial charge in [0, 0.05) is 30.6 Å². The van der Waals surface area contributed by atoms with Crippen LogP contribution in [0.5, 0.6) is 0 Å². The smallest absolute Gasteiger partial charge is 0.0320 e. The molecule has 2 heteroatoms. The van der Waals surface area contributed by atoms with Crippen molar-refractivity contribution in [2.75, 3.05) is 13.1 Å². The van der Waals surface area contributed by atoms with Crippen LogP contribution in [0.25, 0.3) is 0 Å².